The lowest BCUT2D eigenvalue weighted by atomic mass is 9.95. The van der Waals surface area contributed by atoms with Gasteiger partial charge in [-0.1, -0.05) is 36.4 Å². The quantitative estimate of drug-likeness (QED) is 0.532. The van der Waals surface area contributed by atoms with Crippen LogP contribution in [-0.4, -0.2) is 45.7 Å². The van der Waals surface area contributed by atoms with Gasteiger partial charge in [-0.25, -0.2) is 23.2 Å². The molecule has 1 saturated heterocycles. The van der Waals surface area contributed by atoms with Gasteiger partial charge in [0.1, 0.15) is 0 Å². The van der Waals surface area contributed by atoms with E-state index in [4.69, 9.17) is 14.2 Å². The molecule has 4 atom stereocenters. The van der Waals surface area contributed by atoms with Gasteiger partial charge in [0.05, 0.1) is 11.1 Å². The number of benzene rings is 2. The molecule has 0 radical (unpaired) electrons. The van der Waals surface area contributed by atoms with E-state index < -0.39 is 53.6 Å². The minimum Gasteiger partial charge on any atom is -0.456 e. The highest BCUT2D eigenvalue weighted by Crippen LogP contribution is 2.49. The van der Waals surface area contributed by atoms with Gasteiger partial charge in [-0.2, -0.15) is 0 Å². The van der Waals surface area contributed by atoms with Crippen molar-refractivity contribution in [3.05, 3.63) is 105 Å². The first kappa shape index (κ1) is 24.0. The number of rotatable bonds is 6. The zero-order valence-electron chi connectivity index (χ0n) is 18.4. The molecule has 0 amide bonds. The minimum atomic E-state index is -3.30. The smallest absolute Gasteiger partial charge is 0.338 e. The first-order valence-corrected chi connectivity index (χ1v) is 10.5. The Bertz CT molecular complexity index is 1340. The van der Waals surface area contributed by atoms with E-state index in [1.807, 2.05) is 4.98 Å². The number of H-pyrrole nitrogens is 1. The molecular formula is C24H20F2N2O7. The van der Waals surface area contributed by atoms with Crippen LogP contribution < -0.4 is 11.2 Å². The molecule has 0 aliphatic carbocycles. The van der Waals surface area contributed by atoms with Crippen LogP contribution >= 0.6 is 0 Å². The molecule has 1 fully saturated rings. The number of esters is 2. The Morgan fingerprint density at radius 2 is 1.57 bits per heavy atom. The highest BCUT2D eigenvalue weighted by atomic mass is 19.2. The SMILES string of the molecule is C[C@]1(OC(=O)c2ccccc2)[C@H](n2ccc(=O)[nH]c2=O)O[C@](F)(COC(=O)c2ccccc2)[C@H]1F. The van der Waals surface area contributed by atoms with Crippen LogP contribution in [-0.2, 0) is 14.2 Å². The van der Waals surface area contributed by atoms with Crippen LogP contribution in [0.2, 0.25) is 0 Å². The molecule has 0 spiro atoms. The summed E-state index contributed by atoms with van der Waals surface area (Å²) in [7, 11) is 0. The van der Waals surface area contributed by atoms with Crippen LogP contribution in [0.15, 0.2) is 82.5 Å². The zero-order chi connectivity index (χ0) is 25.2. The Labute approximate surface area is 196 Å². The minimum absolute atomic E-state index is 0.0420. The van der Waals surface area contributed by atoms with E-state index in [-0.39, 0.29) is 11.1 Å². The van der Waals surface area contributed by atoms with Crippen LogP contribution in [0.3, 0.4) is 0 Å². The first-order chi connectivity index (χ1) is 16.6. The van der Waals surface area contributed by atoms with Gasteiger partial charge in [0.2, 0.25) is 6.17 Å². The average Bonchev–Trinajstić information content (AvgIpc) is 3.05. The van der Waals surface area contributed by atoms with Crippen molar-refractivity contribution in [3.63, 3.8) is 0 Å². The Balaban J connectivity index is 1.67. The van der Waals surface area contributed by atoms with Gasteiger partial charge < -0.3 is 14.2 Å². The summed E-state index contributed by atoms with van der Waals surface area (Å²) in [6.45, 7) is -0.157. The van der Waals surface area contributed by atoms with Gasteiger partial charge in [-0.05, 0) is 31.2 Å². The van der Waals surface area contributed by atoms with E-state index in [0.717, 1.165) is 19.2 Å². The van der Waals surface area contributed by atoms with Crippen LogP contribution in [0.4, 0.5) is 8.78 Å². The molecule has 3 aromatic rings. The topological polar surface area (TPSA) is 117 Å². The van der Waals surface area contributed by atoms with Crippen molar-refractivity contribution < 1.29 is 32.6 Å². The maximum Gasteiger partial charge on any atom is 0.338 e. The lowest BCUT2D eigenvalue weighted by molar-refractivity contribution is -0.198. The Kier molecular flexibility index (Phi) is 6.35. The third kappa shape index (κ3) is 4.62. The number of nitrogens with one attached hydrogen (secondary N) is 1. The third-order valence-corrected chi connectivity index (χ3v) is 5.52. The van der Waals surface area contributed by atoms with E-state index in [1.165, 1.54) is 24.3 Å². The number of aromatic amines is 1. The predicted octanol–water partition coefficient (Wildman–Crippen LogP) is 2.54. The van der Waals surface area contributed by atoms with E-state index in [0.29, 0.717) is 4.57 Å². The number of hydrogen-bond donors (Lipinski definition) is 1. The van der Waals surface area contributed by atoms with Crippen LogP contribution in [0.1, 0.15) is 33.9 Å². The Morgan fingerprint density at radius 3 is 2.14 bits per heavy atom. The summed E-state index contributed by atoms with van der Waals surface area (Å²) in [5, 5.41) is 0. The molecule has 35 heavy (non-hydrogen) atoms. The van der Waals surface area contributed by atoms with E-state index in [9.17, 15) is 19.2 Å². The lowest BCUT2D eigenvalue weighted by Gasteiger charge is -2.31. The average molecular weight is 486 g/mol. The van der Waals surface area contributed by atoms with Crippen molar-refractivity contribution in [2.75, 3.05) is 6.61 Å². The fourth-order valence-electron chi connectivity index (χ4n) is 3.72. The summed E-state index contributed by atoms with van der Waals surface area (Å²) in [4.78, 5) is 50.8. The van der Waals surface area contributed by atoms with Gasteiger partial charge >= 0.3 is 17.6 Å². The molecule has 11 heteroatoms. The van der Waals surface area contributed by atoms with Gasteiger partial charge in [0, 0.05) is 12.3 Å². The maximum atomic E-state index is 15.8. The van der Waals surface area contributed by atoms with Crippen molar-refractivity contribution in [2.24, 2.45) is 0 Å². The highest BCUT2D eigenvalue weighted by molar-refractivity contribution is 5.90. The summed E-state index contributed by atoms with van der Waals surface area (Å²) in [6.07, 6.45) is -3.60. The molecular weight excluding hydrogens is 466 g/mol. The molecule has 0 saturated carbocycles. The number of halogens is 2. The van der Waals surface area contributed by atoms with Gasteiger partial charge in [-0.15, -0.1) is 0 Å². The normalized spacial score (nSPS) is 25.7. The molecule has 1 N–H and O–H groups in total. The van der Waals surface area contributed by atoms with E-state index in [2.05, 4.69) is 0 Å². The van der Waals surface area contributed by atoms with Crippen molar-refractivity contribution >= 4 is 11.9 Å². The standard InChI is InChI=1S/C24H20F2N2O7/c1-23(34-19(31)16-10-6-3-7-11-16)20(25)24(26,14-33-18(30)15-8-4-2-5-9-15)35-21(23)28-13-12-17(29)27-22(28)32/h2-13,20-21H,14H2,1H3,(H,27,29,32)/t20-,21+,23+,24+/m0/s1. The van der Waals surface area contributed by atoms with Crippen LogP contribution in [0.25, 0.3) is 0 Å². The number of ether oxygens (including phenoxy) is 3. The molecule has 2 heterocycles. The molecule has 2 aromatic carbocycles. The fourth-order valence-corrected chi connectivity index (χ4v) is 3.72. The second kappa shape index (κ2) is 9.26. The number of hydrogen-bond acceptors (Lipinski definition) is 7. The number of aromatic nitrogens is 2. The zero-order valence-corrected chi connectivity index (χ0v) is 18.4. The summed E-state index contributed by atoms with van der Waals surface area (Å²) in [5.74, 6) is -5.24. The van der Waals surface area contributed by atoms with Gasteiger partial charge in [0.15, 0.2) is 18.4 Å². The number of carbonyl (C=O) groups is 2. The number of alkyl halides is 2. The highest BCUT2D eigenvalue weighted by Gasteiger charge is 2.68. The number of nitrogens with zero attached hydrogens (tertiary/aromatic N) is 1. The van der Waals surface area contributed by atoms with Crippen molar-refractivity contribution in [3.8, 4) is 0 Å². The molecule has 9 nitrogen and oxygen atoms in total. The van der Waals surface area contributed by atoms with Crippen molar-refractivity contribution in [2.45, 2.75) is 30.8 Å². The summed E-state index contributed by atoms with van der Waals surface area (Å²) >= 11 is 0. The second-order valence-corrected chi connectivity index (χ2v) is 8.02. The Morgan fingerprint density at radius 1 is 1.00 bits per heavy atom. The molecule has 4 rings (SSSR count). The van der Waals surface area contributed by atoms with Crippen molar-refractivity contribution in [1.29, 1.82) is 0 Å². The third-order valence-electron chi connectivity index (χ3n) is 5.52. The summed E-state index contributed by atoms with van der Waals surface area (Å²) < 4.78 is 47.8. The molecule has 1 aliphatic rings. The molecule has 1 aromatic heterocycles. The fraction of sp³-hybridized carbons (Fsp3) is 0.250. The number of carbonyl (C=O) groups excluding carboxylic acids is 2. The lowest BCUT2D eigenvalue weighted by Crippen LogP contribution is -2.50. The summed E-state index contributed by atoms with van der Waals surface area (Å²) in [6, 6.07) is 16.1. The van der Waals surface area contributed by atoms with Gasteiger partial charge in [0.25, 0.3) is 11.4 Å². The molecule has 0 bridgehead atoms. The van der Waals surface area contributed by atoms with Crippen molar-refractivity contribution in [1.82, 2.24) is 9.55 Å². The molecule has 1 aliphatic heterocycles. The first-order valence-electron chi connectivity index (χ1n) is 10.5. The summed E-state index contributed by atoms with van der Waals surface area (Å²) in [5.41, 5.74) is -4.07. The predicted molar refractivity (Wildman–Crippen MR) is 117 cm³/mol. The monoisotopic (exact) mass is 486 g/mol. The van der Waals surface area contributed by atoms with Crippen LogP contribution in [0, 0.1) is 0 Å². The molecule has 182 valence electrons. The van der Waals surface area contributed by atoms with Gasteiger partial charge in [-0.3, -0.25) is 14.3 Å². The molecule has 0 unspecified atom stereocenters. The maximum absolute atomic E-state index is 15.8. The largest absolute Gasteiger partial charge is 0.456 e. The second-order valence-electron chi connectivity index (χ2n) is 8.02. The van der Waals surface area contributed by atoms with E-state index >= 15 is 8.78 Å². The van der Waals surface area contributed by atoms with E-state index in [1.54, 1.807) is 36.4 Å². The Hall–Kier alpha value is -4.12. The van der Waals surface area contributed by atoms with Crippen LogP contribution in [0.5, 0.6) is 0 Å².